The molecular weight excluding hydrogens is 384 g/mol. The fraction of sp³-hybridized carbons (Fsp3) is 0.211. The summed E-state index contributed by atoms with van der Waals surface area (Å²) in [7, 11) is 1.30. The van der Waals surface area contributed by atoms with E-state index in [-0.39, 0.29) is 28.2 Å². The van der Waals surface area contributed by atoms with Crippen molar-refractivity contribution in [1.29, 1.82) is 0 Å². The number of methoxy groups -OCH3 is 1. The Balaban J connectivity index is 2.24. The molecule has 0 amide bonds. The van der Waals surface area contributed by atoms with Crippen molar-refractivity contribution in [2.24, 2.45) is 0 Å². The lowest BCUT2D eigenvalue weighted by Crippen LogP contribution is -2.29. The van der Waals surface area contributed by atoms with Crippen LogP contribution in [0.1, 0.15) is 11.1 Å². The average Bonchev–Trinajstić information content (AvgIpc) is 2.65. The van der Waals surface area contributed by atoms with Gasteiger partial charge in [0.1, 0.15) is 17.1 Å². The van der Waals surface area contributed by atoms with E-state index in [1.54, 1.807) is 12.1 Å². The Morgan fingerprint density at radius 1 is 1.18 bits per heavy atom. The van der Waals surface area contributed by atoms with Gasteiger partial charge in [0.2, 0.25) is 0 Å². The number of hydrogen-bond donors (Lipinski definition) is 1. The minimum absolute atomic E-state index is 0.158. The van der Waals surface area contributed by atoms with E-state index in [9.17, 15) is 27.5 Å². The summed E-state index contributed by atoms with van der Waals surface area (Å²) < 4.78 is 64.5. The molecule has 0 bridgehead atoms. The maximum Gasteiger partial charge on any atom is 0.416 e. The molecule has 0 fully saturated rings. The van der Waals surface area contributed by atoms with Gasteiger partial charge in [-0.2, -0.15) is 8.78 Å². The van der Waals surface area contributed by atoms with E-state index < -0.39 is 25.1 Å². The summed E-state index contributed by atoms with van der Waals surface area (Å²) >= 11 is 0. The number of carbonyl (C=O) groups is 1. The number of aliphatic carboxylic acids is 1. The molecule has 0 saturated carbocycles. The van der Waals surface area contributed by atoms with E-state index in [1.165, 1.54) is 43.5 Å². The normalized spacial score (nSPS) is 12.1. The predicted molar refractivity (Wildman–Crippen MR) is 91.3 cm³/mol. The van der Waals surface area contributed by atoms with Gasteiger partial charge < -0.3 is 19.3 Å². The molecule has 9 heteroatoms. The highest BCUT2D eigenvalue weighted by Gasteiger charge is 2.42. The van der Waals surface area contributed by atoms with Crippen LogP contribution in [0, 0.1) is 0 Å². The number of benzene rings is 2. The van der Waals surface area contributed by atoms with Gasteiger partial charge in [-0.15, -0.1) is 0 Å². The standard InChI is InChI=1S/C19H16F4O5/c1-26-11-15(17(24)25)14-7-2-3-8-16(14)28-13-6-4-5-12(9-13)10-27-19(22,23)18(20)21/h2-9,11,18H,10H2,1H3,(H,24,25)/b15-11+. The zero-order valence-corrected chi connectivity index (χ0v) is 14.6. The first-order valence-corrected chi connectivity index (χ1v) is 7.87. The summed E-state index contributed by atoms with van der Waals surface area (Å²) in [6.45, 7) is -0.764. The molecule has 0 aliphatic heterocycles. The van der Waals surface area contributed by atoms with Gasteiger partial charge in [-0.05, 0) is 23.8 Å². The van der Waals surface area contributed by atoms with Crippen molar-refractivity contribution in [2.75, 3.05) is 7.11 Å². The third-order valence-corrected chi connectivity index (χ3v) is 3.45. The van der Waals surface area contributed by atoms with Gasteiger partial charge >= 0.3 is 18.5 Å². The van der Waals surface area contributed by atoms with E-state index in [0.29, 0.717) is 0 Å². The first-order chi connectivity index (χ1) is 13.2. The highest BCUT2D eigenvalue weighted by molar-refractivity contribution is 6.15. The van der Waals surface area contributed by atoms with E-state index in [0.717, 1.165) is 6.26 Å². The lowest BCUT2D eigenvalue weighted by molar-refractivity contribution is -0.305. The molecule has 150 valence electrons. The SMILES string of the molecule is CO/C=C(/C(=O)O)c1ccccc1Oc1cccc(COC(F)(F)C(F)F)c1. The first kappa shape index (κ1) is 21.2. The molecule has 0 unspecified atom stereocenters. The quantitative estimate of drug-likeness (QED) is 0.368. The Morgan fingerprint density at radius 3 is 2.54 bits per heavy atom. The second kappa shape index (κ2) is 9.23. The van der Waals surface area contributed by atoms with Crippen LogP contribution in [0.3, 0.4) is 0 Å². The largest absolute Gasteiger partial charge is 0.503 e. The number of hydrogen-bond acceptors (Lipinski definition) is 4. The minimum Gasteiger partial charge on any atom is -0.503 e. The first-order valence-electron chi connectivity index (χ1n) is 7.87. The monoisotopic (exact) mass is 400 g/mol. The lowest BCUT2D eigenvalue weighted by Gasteiger charge is -2.16. The Hall–Kier alpha value is -3.07. The van der Waals surface area contributed by atoms with Crippen LogP contribution >= 0.6 is 0 Å². The zero-order valence-electron chi connectivity index (χ0n) is 14.6. The van der Waals surface area contributed by atoms with Crippen LogP contribution in [-0.2, 0) is 20.9 Å². The van der Waals surface area contributed by atoms with Crippen molar-refractivity contribution in [3.63, 3.8) is 0 Å². The van der Waals surface area contributed by atoms with E-state index >= 15 is 0 Å². The highest BCUT2D eigenvalue weighted by Crippen LogP contribution is 2.31. The molecule has 28 heavy (non-hydrogen) atoms. The van der Waals surface area contributed by atoms with Gasteiger partial charge in [-0.1, -0.05) is 30.3 Å². The van der Waals surface area contributed by atoms with E-state index in [2.05, 4.69) is 4.74 Å². The van der Waals surface area contributed by atoms with Crippen molar-refractivity contribution < 1.29 is 41.7 Å². The van der Waals surface area contributed by atoms with Gasteiger partial charge in [-0.25, -0.2) is 13.6 Å². The molecular formula is C19H16F4O5. The van der Waals surface area contributed by atoms with Gasteiger partial charge in [-0.3, -0.25) is 0 Å². The van der Waals surface area contributed by atoms with Crippen molar-refractivity contribution in [1.82, 2.24) is 0 Å². The maximum atomic E-state index is 12.9. The molecule has 2 aromatic rings. The Morgan fingerprint density at radius 2 is 1.89 bits per heavy atom. The fourth-order valence-electron chi connectivity index (χ4n) is 2.19. The maximum absolute atomic E-state index is 12.9. The number of ether oxygens (including phenoxy) is 3. The fourth-order valence-corrected chi connectivity index (χ4v) is 2.19. The van der Waals surface area contributed by atoms with E-state index in [4.69, 9.17) is 9.47 Å². The van der Waals surface area contributed by atoms with Crippen LogP contribution in [0.5, 0.6) is 11.5 Å². The number of alkyl halides is 4. The van der Waals surface area contributed by atoms with Gasteiger partial charge in [0, 0.05) is 5.56 Å². The zero-order chi connectivity index (χ0) is 20.7. The molecule has 2 rings (SSSR count). The summed E-state index contributed by atoms with van der Waals surface area (Å²) in [5.41, 5.74) is 0.234. The van der Waals surface area contributed by atoms with Gasteiger partial charge in [0.25, 0.3) is 0 Å². The van der Waals surface area contributed by atoms with Crippen molar-refractivity contribution >= 4 is 11.5 Å². The Labute approximate surface area is 157 Å². The molecule has 5 nitrogen and oxygen atoms in total. The van der Waals surface area contributed by atoms with Crippen molar-refractivity contribution in [3.8, 4) is 11.5 Å². The second-order valence-corrected chi connectivity index (χ2v) is 5.47. The molecule has 0 atom stereocenters. The van der Waals surface area contributed by atoms with Crippen LogP contribution in [0.15, 0.2) is 54.8 Å². The molecule has 0 spiro atoms. The van der Waals surface area contributed by atoms with Crippen LogP contribution in [0.4, 0.5) is 17.6 Å². The summed E-state index contributed by atoms with van der Waals surface area (Å²) in [5, 5.41) is 9.33. The summed E-state index contributed by atoms with van der Waals surface area (Å²) in [5.74, 6) is -0.894. The summed E-state index contributed by atoms with van der Waals surface area (Å²) in [4.78, 5) is 11.4. The molecule has 0 aromatic heterocycles. The van der Waals surface area contributed by atoms with Crippen LogP contribution in [0.2, 0.25) is 0 Å². The van der Waals surface area contributed by atoms with Crippen LogP contribution in [0.25, 0.3) is 5.57 Å². The highest BCUT2D eigenvalue weighted by atomic mass is 19.3. The molecule has 0 aliphatic rings. The third-order valence-electron chi connectivity index (χ3n) is 3.45. The van der Waals surface area contributed by atoms with Crippen LogP contribution < -0.4 is 4.74 Å². The smallest absolute Gasteiger partial charge is 0.416 e. The molecule has 0 aliphatic carbocycles. The number of rotatable bonds is 9. The molecule has 2 aromatic carbocycles. The van der Waals surface area contributed by atoms with Gasteiger partial charge in [0.15, 0.2) is 0 Å². The predicted octanol–water partition coefficient (Wildman–Crippen LogP) is 4.93. The number of carboxylic acid groups (broad SMARTS) is 1. The van der Waals surface area contributed by atoms with Crippen molar-refractivity contribution in [3.05, 3.63) is 65.9 Å². The second-order valence-electron chi connectivity index (χ2n) is 5.47. The van der Waals surface area contributed by atoms with Crippen LogP contribution in [-0.4, -0.2) is 30.7 Å². The molecule has 1 N–H and O–H groups in total. The molecule has 0 radical (unpaired) electrons. The Kier molecular flexibility index (Phi) is 7.00. The third kappa shape index (κ3) is 5.46. The molecule has 0 heterocycles. The minimum atomic E-state index is -4.56. The van der Waals surface area contributed by atoms with E-state index in [1.807, 2.05) is 0 Å². The lowest BCUT2D eigenvalue weighted by atomic mass is 10.1. The number of para-hydroxylation sites is 1. The number of carboxylic acids is 1. The summed E-state index contributed by atoms with van der Waals surface area (Å²) in [6, 6.07) is 11.9. The topological polar surface area (TPSA) is 65.0 Å². The van der Waals surface area contributed by atoms with Crippen molar-refractivity contribution in [2.45, 2.75) is 19.1 Å². The summed E-state index contributed by atoms with van der Waals surface area (Å²) in [6.07, 6.45) is -7.47. The van der Waals surface area contributed by atoms with Gasteiger partial charge in [0.05, 0.1) is 20.0 Å². The number of halogens is 4. The molecule has 0 saturated heterocycles. The average molecular weight is 400 g/mol. The Bertz CT molecular complexity index is 852.